The molecular weight excluding hydrogens is 440 g/mol. The number of hydroxylamine groups is 1. The highest BCUT2D eigenvalue weighted by Crippen LogP contribution is 2.30. The van der Waals surface area contributed by atoms with Crippen LogP contribution < -0.4 is 9.75 Å². The molecule has 0 atom stereocenters. The predicted molar refractivity (Wildman–Crippen MR) is 114 cm³/mol. The number of amides is 2. The van der Waals surface area contributed by atoms with Crippen LogP contribution in [0.3, 0.4) is 0 Å². The van der Waals surface area contributed by atoms with Crippen molar-refractivity contribution in [1.29, 1.82) is 0 Å². The zero-order valence-electron chi connectivity index (χ0n) is 19.5. The lowest BCUT2D eigenvalue weighted by atomic mass is 10.2. The van der Waals surface area contributed by atoms with Crippen LogP contribution in [0.25, 0.3) is 0 Å². The minimum atomic E-state index is -1.25. The maximum absolute atomic E-state index is 13.9. The number of aryl methyl sites for hydroxylation is 1. The number of nitrogens with zero attached hydrogens (tertiary/aromatic N) is 3. The molecule has 33 heavy (non-hydrogen) atoms. The second-order valence-electron chi connectivity index (χ2n) is 9.02. The fourth-order valence-corrected chi connectivity index (χ4v) is 2.45. The molecule has 9 nitrogen and oxygen atoms in total. The summed E-state index contributed by atoms with van der Waals surface area (Å²) in [5.41, 5.74) is -1.74. The van der Waals surface area contributed by atoms with E-state index in [4.69, 9.17) is 14.2 Å². The molecule has 1 heterocycles. The Bertz CT molecular complexity index is 1010. The van der Waals surface area contributed by atoms with Gasteiger partial charge in [0.05, 0.1) is 11.9 Å². The molecule has 11 heteroatoms. The van der Waals surface area contributed by atoms with Crippen LogP contribution in [0, 0.1) is 18.6 Å². The second-order valence-corrected chi connectivity index (χ2v) is 9.02. The van der Waals surface area contributed by atoms with Gasteiger partial charge >= 0.3 is 12.2 Å². The molecule has 180 valence electrons. The number of hydrogen-bond acceptors (Lipinski definition) is 7. The predicted octanol–water partition coefficient (Wildman–Crippen LogP) is 5.74. The molecule has 0 saturated carbocycles. The lowest BCUT2D eigenvalue weighted by Gasteiger charge is -2.33. The third kappa shape index (κ3) is 7.01. The average molecular weight is 467 g/mol. The van der Waals surface area contributed by atoms with Gasteiger partial charge in [0.1, 0.15) is 11.2 Å². The topological polar surface area (TPSA) is 101 Å². The van der Waals surface area contributed by atoms with Gasteiger partial charge in [-0.05, 0) is 66.2 Å². The summed E-state index contributed by atoms with van der Waals surface area (Å²) >= 11 is 0. The molecule has 0 spiro atoms. The maximum atomic E-state index is 13.9. The first-order valence-corrected chi connectivity index (χ1v) is 9.92. The van der Waals surface area contributed by atoms with Gasteiger partial charge in [0, 0.05) is 6.07 Å². The SMILES string of the molecule is Cc1cc(Oc2c(F)cccc2F)ncc1N(C(=O)OC(C)(C)C)N(O)C(=O)OC(C)(C)C. The van der Waals surface area contributed by atoms with Gasteiger partial charge in [0.15, 0.2) is 11.6 Å². The van der Waals surface area contributed by atoms with E-state index in [-0.39, 0.29) is 22.3 Å². The quantitative estimate of drug-likeness (QED) is 0.453. The van der Waals surface area contributed by atoms with Crippen molar-refractivity contribution in [3.05, 3.63) is 47.7 Å². The first-order valence-electron chi connectivity index (χ1n) is 9.92. The Labute approximate surface area is 190 Å². The van der Waals surface area contributed by atoms with Gasteiger partial charge in [0.25, 0.3) is 0 Å². The van der Waals surface area contributed by atoms with Crippen molar-refractivity contribution >= 4 is 17.9 Å². The molecule has 0 unspecified atom stereocenters. The van der Waals surface area contributed by atoms with E-state index in [1.807, 2.05) is 0 Å². The Morgan fingerprint density at radius 3 is 1.97 bits per heavy atom. The van der Waals surface area contributed by atoms with Crippen molar-refractivity contribution < 1.29 is 37.8 Å². The van der Waals surface area contributed by atoms with Crippen LogP contribution in [0.1, 0.15) is 47.1 Å². The molecule has 2 amide bonds. The Hall–Kier alpha value is -3.47. The number of carbonyl (C=O) groups is 2. The Balaban J connectivity index is 2.43. The highest BCUT2D eigenvalue weighted by atomic mass is 19.1. The molecule has 2 aromatic rings. The highest BCUT2D eigenvalue weighted by molar-refractivity contribution is 5.91. The molecule has 1 N–H and O–H groups in total. The molecule has 2 rings (SSSR count). The Morgan fingerprint density at radius 2 is 1.48 bits per heavy atom. The smallest absolute Gasteiger partial charge is 0.442 e. The third-order valence-corrected chi connectivity index (χ3v) is 3.72. The molecule has 1 aromatic carbocycles. The number of benzene rings is 1. The van der Waals surface area contributed by atoms with Crippen LogP contribution in [0.2, 0.25) is 0 Å². The summed E-state index contributed by atoms with van der Waals surface area (Å²) in [7, 11) is 0. The van der Waals surface area contributed by atoms with E-state index in [9.17, 15) is 23.6 Å². The van der Waals surface area contributed by atoms with Gasteiger partial charge in [-0.25, -0.2) is 23.4 Å². The standard InChI is InChI=1S/C22H27F2N3O6/c1-13-11-17(31-18-14(23)9-8-10-15(18)24)25-12-16(13)26(19(28)32-21(2,3)4)27(30)20(29)33-22(5,6)7/h8-12,30H,1-7H3. The van der Waals surface area contributed by atoms with Crippen molar-refractivity contribution in [3.63, 3.8) is 0 Å². The van der Waals surface area contributed by atoms with E-state index < -0.39 is 40.8 Å². The molecular formula is C22H27F2N3O6. The van der Waals surface area contributed by atoms with E-state index in [1.54, 1.807) is 41.5 Å². The van der Waals surface area contributed by atoms with Gasteiger partial charge in [-0.2, -0.15) is 5.01 Å². The molecule has 0 bridgehead atoms. The third-order valence-electron chi connectivity index (χ3n) is 3.72. The molecule has 0 aliphatic rings. The lowest BCUT2D eigenvalue weighted by molar-refractivity contribution is -0.102. The number of pyridine rings is 1. The summed E-state index contributed by atoms with van der Waals surface area (Å²) in [5.74, 6) is -2.70. The van der Waals surface area contributed by atoms with Crippen LogP contribution in [0.4, 0.5) is 24.1 Å². The van der Waals surface area contributed by atoms with Crippen molar-refractivity contribution in [2.24, 2.45) is 0 Å². The monoisotopic (exact) mass is 467 g/mol. The van der Waals surface area contributed by atoms with E-state index in [0.717, 1.165) is 18.3 Å². The summed E-state index contributed by atoms with van der Waals surface area (Å²) < 4.78 is 43.4. The zero-order valence-corrected chi connectivity index (χ0v) is 19.5. The summed E-state index contributed by atoms with van der Waals surface area (Å²) in [6, 6.07) is 4.49. The normalized spacial score (nSPS) is 11.6. The Morgan fingerprint density at radius 1 is 0.970 bits per heavy atom. The van der Waals surface area contributed by atoms with Crippen molar-refractivity contribution in [2.75, 3.05) is 5.01 Å². The number of rotatable bonds is 3. The van der Waals surface area contributed by atoms with E-state index in [2.05, 4.69) is 4.98 Å². The fraction of sp³-hybridized carbons (Fsp3) is 0.409. The van der Waals surface area contributed by atoms with Gasteiger partial charge in [-0.15, -0.1) is 0 Å². The number of anilines is 1. The summed E-state index contributed by atoms with van der Waals surface area (Å²) in [6.45, 7) is 11.0. The van der Waals surface area contributed by atoms with E-state index in [0.29, 0.717) is 5.01 Å². The van der Waals surface area contributed by atoms with Crippen molar-refractivity contribution in [3.8, 4) is 11.6 Å². The van der Waals surface area contributed by atoms with Gasteiger partial charge in [-0.1, -0.05) is 11.2 Å². The minimum Gasteiger partial charge on any atom is -0.442 e. The summed E-state index contributed by atoms with van der Waals surface area (Å²) in [4.78, 5) is 29.2. The van der Waals surface area contributed by atoms with Crippen LogP contribution >= 0.6 is 0 Å². The number of hydrazine groups is 1. The molecule has 1 aromatic heterocycles. The number of para-hydroxylation sites is 1. The van der Waals surface area contributed by atoms with E-state index in [1.165, 1.54) is 19.1 Å². The second kappa shape index (κ2) is 9.57. The summed E-state index contributed by atoms with van der Waals surface area (Å²) in [5, 5.41) is 11.0. The molecule has 0 radical (unpaired) electrons. The minimum absolute atomic E-state index is 0.0413. The van der Waals surface area contributed by atoms with Crippen molar-refractivity contribution in [1.82, 2.24) is 10.2 Å². The number of halogens is 2. The largest absolute Gasteiger partial charge is 0.455 e. The number of aromatic nitrogens is 1. The van der Waals surface area contributed by atoms with E-state index >= 15 is 0 Å². The molecule has 0 aliphatic carbocycles. The van der Waals surface area contributed by atoms with Crippen molar-refractivity contribution in [2.45, 2.75) is 59.7 Å². The van der Waals surface area contributed by atoms with Crippen LogP contribution in [0.15, 0.2) is 30.5 Å². The first-order chi connectivity index (χ1) is 15.1. The highest BCUT2D eigenvalue weighted by Gasteiger charge is 2.35. The fourth-order valence-electron chi connectivity index (χ4n) is 2.45. The van der Waals surface area contributed by atoms with Crippen LogP contribution in [-0.4, -0.2) is 38.8 Å². The van der Waals surface area contributed by atoms with Gasteiger partial charge in [-0.3, -0.25) is 5.21 Å². The Kier molecular flexibility index (Phi) is 7.48. The first kappa shape index (κ1) is 25.8. The zero-order chi connectivity index (χ0) is 25.1. The van der Waals surface area contributed by atoms with Gasteiger partial charge < -0.3 is 14.2 Å². The number of carbonyl (C=O) groups excluding carboxylic acids is 2. The average Bonchev–Trinajstić information content (AvgIpc) is 2.63. The number of ether oxygens (including phenoxy) is 3. The molecule has 0 aliphatic heterocycles. The lowest BCUT2D eigenvalue weighted by Crippen LogP contribution is -2.51. The molecule has 0 fully saturated rings. The van der Waals surface area contributed by atoms with Crippen LogP contribution in [0.5, 0.6) is 11.6 Å². The number of hydrogen-bond donors (Lipinski definition) is 1. The molecule has 0 saturated heterocycles. The van der Waals surface area contributed by atoms with Crippen LogP contribution in [-0.2, 0) is 9.47 Å². The summed E-state index contributed by atoms with van der Waals surface area (Å²) in [6.07, 6.45) is -1.28. The maximum Gasteiger partial charge on any atom is 0.455 e. The van der Waals surface area contributed by atoms with Gasteiger partial charge in [0.2, 0.25) is 11.6 Å².